The summed E-state index contributed by atoms with van der Waals surface area (Å²) in [6.07, 6.45) is 1.32. The number of methoxy groups -OCH3 is 1. The first-order valence-corrected chi connectivity index (χ1v) is 5.15. The number of nitrogens with two attached hydrogens (primary N) is 2. The van der Waals surface area contributed by atoms with Crippen LogP contribution in [0.2, 0.25) is 0 Å². The highest BCUT2D eigenvalue weighted by Crippen LogP contribution is 2.08. The van der Waals surface area contributed by atoms with Gasteiger partial charge in [-0.15, -0.1) is 5.10 Å². The second-order valence-corrected chi connectivity index (χ2v) is 3.28. The Morgan fingerprint density at radius 1 is 1.44 bits per heavy atom. The van der Waals surface area contributed by atoms with Crippen molar-refractivity contribution in [2.45, 2.75) is 19.4 Å². The van der Waals surface area contributed by atoms with Crippen LogP contribution in [0.25, 0.3) is 0 Å². The predicted molar refractivity (Wildman–Crippen MR) is 57.8 cm³/mol. The molecule has 1 aromatic heterocycles. The van der Waals surface area contributed by atoms with Gasteiger partial charge in [-0.25, -0.2) is 9.48 Å². The molecule has 0 aliphatic rings. The first-order valence-electron chi connectivity index (χ1n) is 5.15. The number of aromatic nitrogens is 3. The predicted octanol–water partition coefficient (Wildman–Crippen LogP) is -1.09. The van der Waals surface area contributed by atoms with E-state index in [0.717, 1.165) is 6.42 Å². The van der Waals surface area contributed by atoms with Gasteiger partial charge in [-0.05, 0) is 19.5 Å². The van der Waals surface area contributed by atoms with E-state index in [1.807, 2.05) is 0 Å². The van der Waals surface area contributed by atoms with E-state index in [-0.39, 0.29) is 5.69 Å². The number of nitrogens with zero attached hydrogens (tertiary/aromatic N) is 3. The number of hydrogen-bond acceptors (Lipinski definition) is 6. The molecule has 1 rings (SSSR count). The lowest BCUT2D eigenvalue weighted by molar-refractivity contribution is 0.0592. The summed E-state index contributed by atoms with van der Waals surface area (Å²) in [7, 11) is 1.31. The van der Waals surface area contributed by atoms with Crippen molar-refractivity contribution >= 4 is 5.97 Å². The molecular formula is C9H17N5O2. The van der Waals surface area contributed by atoms with Crippen LogP contribution in [0.4, 0.5) is 0 Å². The molecule has 0 fully saturated rings. The monoisotopic (exact) mass is 227 g/mol. The maximum atomic E-state index is 11.4. The molecule has 0 atom stereocenters. The maximum absolute atomic E-state index is 11.4. The Labute approximate surface area is 93.7 Å². The first-order chi connectivity index (χ1) is 7.74. The van der Waals surface area contributed by atoms with E-state index in [9.17, 15) is 4.79 Å². The van der Waals surface area contributed by atoms with Crippen LogP contribution in [-0.2, 0) is 17.7 Å². The molecule has 4 N–H and O–H groups in total. The molecule has 0 bridgehead atoms. The normalized spacial score (nSPS) is 10.4. The van der Waals surface area contributed by atoms with Crippen molar-refractivity contribution in [3.05, 3.63) is 11.4 Å². The molecule has 16 heavy (non-hydrogen) atoms. The highest BCUT2D eigenvalue weighted by Gasteiger charge is 2.19. The average molecular weight is 227 g/mol. The van der Waals surface area contributed by atoms with Gasteiger partial charge in [0.05, 0.1) is 12.8 Å². The van der Waals surface area contributed by atoms with E-state index in [4.69, 9.17) is 11.5 Å². The minimum Gasteiger partial charge on any atom is -0.464 e. The van der Waals surface area contributed by atoms with Gasteiger partial charge in [0.25, 0.3) is 0 Å². The maximum Gasteiger partial charge on any atom is 0.360 e. The summed E-state index contributed by atoms with van der Waals surface area (Å²) in [5, 5.41) is 7.70. The Morgan fingerprint density at radius 3 is 2.75 bits per heavy atom. The van der Waals surface area contributed by atoms with Gasteiger partial charge in [0.1, 0.15) is 0 Å². The van der Waals surface area contributed by atoms with Crippen LogP contribution >= 0.6 is 0 Å². The van der Waals surface area contributed by atoms with Crippen molar-refractivity contribution in [1.82, 2.24) is 15.0 Å². The zero-order valence-electron chi connectivity index (χ0n) is 9.35. The minimum absolute atomic E-state index is 0.241. The molecule has 7 nitrogen and oxygen atoms in total. The molecule has 0 radical (unpaired) electrons. The summed E-state index contributed by atoms with van der Waals surface area (Å²) in [6, 6.07) is 0. The highest BCUT2D eigenvalue weighted by atomic mass is 16.5. The number of carbonyl (C=O) groups excluding carboxylic acids is 1. The number of hydrogen-bond donors (Lipinski definition) is 2. The Kier molecular flexibility index (Phi) is 4.87. The number of ether oxygens (including phenoxy) is 1. The van der Waals surface area contributed by atoms with Crippen LogP contribution in [0.1, 0.15) is 22.6 Å². The summed E-state index contributed by atoms with van der Waals surface area (Å²) in [6.45, 7) is 1.63. The number of esters is 1. The third kappa shape index (κ3) is 2.77. The Morgan fingerprint density at radius 2 is 2.19 bits per heavy atom. The summed E-state index contributed by atoms with van der Waals surface area (Å²) in [4.78, 5) is 11.4. The lowest BCUT2D eigenvalue weighted by Crippen LogP contribution is -2.15. The summed E-state index contributed by atoms with van der Waals surface area (Å²) in [5.74, 6) is -0.484. The van der Waals surface area contributed by atoms with Crippen LogP contribution in [0, 0.1) is 0 Å². The van der Waals surface area contributed by atoms with Gasteiger partial charge < -0.3 is 16.2 Å². The van der Waals surface area contributed by atoms with Gasteiger partial charge in [-0.2, -0.15) is 0 Å². The third-order valence-corrected chi connectivity index (χ3v) is 2.17. The number of aryl methyl sites for hydroxylation is 1. The van der Waals surface area contributed by atoms with E-state index in [2.05, 4.69) is 15.0 Å². The summed E-state index contributed by atoms with van der Waals surface area (Å²) < 4.78 is 6.28. The fourth-order valence-electron chi connectivity index (χ4n) is 1.39. The molecule has 0 aromatic carbocycles. The third-order valence-electron chi connectivity index (χ3n) is 2.17. The highest BCUT2D eigenvalue weighted by molar-refractivity contribution is 5.88. The lowest BCUT2D eigenvalue weighted by atomic mass is 10.2. The standard InChI is InChI=1S/C9H17N5O2/c1-16-9(15)8-7(3-5-11)14(13-12-8)6-2-4-10/h2-6,10-11H2,1H3. The van der Waals surface area contributed by atoms with E-state index in [1.165, 1.54) is 7.11 Å². The number of carbonyl (C=O) groups is 1. The average Bonchev–Trinajstić information content (AvgIpc) is 2.69. The molecule has 90 valence electrons. The second kappa shape index (κ2) is 6.19. The lowest BCUT2D eigenvalue weighted by Gasteiger charge is -2.05. The van der Waals surface area contributed by atoms with Gasteiger partial charge in [0.15, 0.2) is 5.69 Å². The van der Waals surface area contributed by atoms with Crippen molar-refractivity contribution in [3.8, 4) is 0 Å². The summed E-state index contributed by atoms with van der Waals surface area (Å²) in [5.41, 5.74) is 11.8. The first kappa shape index (κ1) is 12.6. The van der Waals surface area contributed by atoms with Crippen LogP contribution in [0.3, 0.4) is 0 Å². The van der Waals surface area contributed by atoms with Crippen molar-refractivity contribution in [2.24, 2.45) is 11.5 Å². The van der Waals surface area contributed by atoms with Gasteiger partial charge in [-0.3, -0.25) is 0 Å². The SMILES string of the molecule is COC(=O)c1nnn(CCCN)c1CCN. The fraction of sp³-hybridized carbons (Fsp3) is 0.667. The van der Waals surface area contributed by atoms with E-state index in [0.29, 0.717) is 31.7 Å². The van der Waals surface area contributed by atoms with E-state index in [1.54, 1.807) is 4.68 Å². The molecule has 0 saturated heterocycles. The van der Waals surface area contributed by atoms with Gasteiger partial charge >= 0.3 is 5.97 Å². The molecule has 0 spiro atoms. The van der Waals surface area contributed by atoms with Crippen LogP contribution in [0.5, 0.6) is 0 Å². The van der Waals surface area contributed by atoms with Crippen LogP contribution < -0.4 is 11.5 Å². The minimum atomic E-state index is -0.484. The van der Waals surface area contributed by atoms with E-state index < -0.39 is 5.97 Å². The zero-order chi connectivity index (χ0) is 12.0. The smallest absolute Gasteiger partial charge is 0.360 e. The topological polar surface area (TPSA) is 109 Å². The van der Waals surface area contributed by atoms with E-state index >= 15 is 0 Å². The van der Waals surface area contributed by atoms with Crippen molar-refractivity contribution in [2.75, 3.05) is 20.2 Å². The molecular weight excluding hydrogens is 210 g/mol. The molecule has 0 aliphatic carbocycles. The van der Waals surface area contributed by atoms with Gasteiger partial charge in [-0.1, -0.05) is 5.21 Å². The quantitative estimate of drug-likeness (QED) is 0.598. The van der Waals surface area contributed by atoms with Gasteiger partial charge in [0, 0.05) is 13.0 Å². The van der Waals surface area contributed by atoms with Crippen molar-refractivity contribution in [3.63, 3.8) is 0 Å². The Hall–Kier alpha value is -1.47. The molecule has 1 heterocycles. The number of rotatable bonds is 6. The van der Waals surface area contributed by atoms with Crippen molar-refractivity contribution in [1.29, 1.82) is 0 Å². The molecule has 7 heteroatoms. The Balaban J connectivity index is 2.92. The largest absolute Gasteiger partial charge is 0.464 e. The van der Waals surface area contributed by atoms with Crippen LogP contribution in [-0.4, -0.2) is 41.2 Å². The molecule has 1 aromatic rings. The molecule has 0 unspecified atom stereocenters. The summed E-state index contributed by atoms with van der Waals surface area (Å²) >= 11 is 0. The second-order valence-electron chi connectivity index (χ2n) is 3.28. The molecule has 0 amide bonds. The van der Waals surface area contributed by atoms with Crippen molar-refractivity contribution < 1.29 is 9.53 Å². The molecule has 0 aliphatic heterocycles. The molecule has 0 saturated carbocycles. The fourth-order valence-corrected chi connectivity index (χ4v) is 1.39. The Bertz CT molecular complexity index is 350. The van der Waals surface area contributed by atoms with Crippen LogP contribution in [0.15, 0.2) is 0 Å². The van der Waals surface area contributed by atoms with Gasteiger partial charge in [0.2, 0.25) is 0 Å². The zero-order valence-corrected chi connectivity index (χ0v) is 9.35.